The number of fused-ring (bicyclic) bond motifs is 1. The smallest absolute Gasteiger partial charge is 0.282 e. The number of hydrogen-bond donors (Lipinski definition) is 1. The second-order valence-electron chi connectivity index (χ2n) is 8.25. The zero-order valence-electron chi connectivity index (χ0n) is 17.2. The van der Waals surface area contributed by atoms with Crippen LogP contribution in [0.5, 0.6) is 0 Å². The molecule has 2 heterocycles. The van der Waals surface area contributed by atoms with Crippen LogP contribution in [-0.2, 0) is 0 Å². The van der Waals surface area contributed by atoms with E-state index in [2.05, 4.69) is 28.3 Å². The lowest BCUT2D eigenvalue weighted by Crippen LogP contribution is -2.18. The number of aromatic nitrogens is 3. The van der Waals surface area contributed by atoms with Crippen molar-refractivity contribution in [2.75, 3.05) is 0 Å². The van der Waals surface area contributed by atoms with Gasteiger partial charge >= 0.3 is 0 Å². The molecule has 0 amide bonds. The Morgan fingerprint density at radius 3 is 2.16 bits per heavy atom. The van der Waals surface area contributed by atoms with Gasteiger partial charge in [0.05, 0.1) is 11.3 Å². The van der Waals surface area contributed by atoms with Crippen LogP contribution in [0.25, 0.3) is 16.8 Å². The van der Waals surface area contributed by atoms with E-state index in [0.29, 0.717) is 33.4 Å². The molecule has 1 aliphatic carbocycles. The lowest BCUT2D eigenvalue weighted by atomic mass is 9.77. The van der Waals surface area contributed by atoms with E-state index in [4.69, 9.17) is 23.2 Å². The molecule has 2 aromatic heterocycles. The summed E-state index contributed by atoms with van der Waals surface area (Å²) in [4.78, 5) is 16.3. The summed E-state index contributed by atoms with van der Waals surface area (Å²) < 4.78 is 1.34. The summed E-state index contributed by atoms with van der Waals surface area (Å²) in [6.45, 7) is 0. The van der Waals surface area contributed by atoms with Gasteiger partial charge in [-0.25, -0.2) is 0 Å². The number of H-pyrrole nitrogens is 1. The molecular formula is C25H20Cl2N4O. The third-order valence-corrected chi connectivity index (χ3v) is 6.91. The minimum Gasteiger partial charge on any atom is -0.345 e. The van der Waals surface area contributed by atoms with Crippen LogP contribution >= 0.6 is 23.2 Å². The molecule has 5 nitrogen and oxygen atoms in total. The molecule has 0 radical (unpaired) electrons. The number of rotatable bonds is 3. The van der Waals surface area contributed by atoms with Gasteiger partial charge in [-0.2, -0.15) is 14.9 Å². The van der Waals surface area contributed by atoms with Crippen LogP contribution in [0.2, 0.25) is 10.0 Å². The van der Waals surface area contributed by atoms with E-state index >= 15 is 0 Å². The molecule has 0 atom stereocenters. The van der Waals surface area contributed by atoms with Gasteiger partial charge in [-0.3, -0.25) is 4.79 Å². The highest BCUT2D eigenvalue weighted by Crippen LogP contribution is 2.41. The van der Waals surface area contributed by atoms with Gasteiger partial charge in [-0.1, -0.05) is 47.5 Å². The number of nitrogens with one attached hydrogen (secondary N) is 1. The normalized spacial score (nSPS) is 18.5. The van der Waals surface area contributed by atoms with Crippen LogP contribution in [0, 0.1) is 11.3 Å². The van der Waals surface area contributed by atoms with Gasteiger partial charge in [0, 0.05) is 22.2 Å². The van der Waals surface area contributed by atoms with Crippen LogP contribution in [0.4, 0.5) is 0 Å². The average Bonchev–Trinajstić information content (AvgIpc) is 3.20. The summed E-state index contributed by atoms with van der Waals surface area (Å²) in [6, 6.07) is 17.4. The number of nitrogens with zero attached hydrogens (tertiary/aromatic N) is 3. The zero-order valence-corrected chi connectivity index (χ0v) is 18.7. The highest BCUT2D eigenvalue weighted by molar-refractivity contribution is 6.30. The fraction of sp³-hybridized carbons (Fsp3) is 0.240. The third-order valence-electron chi connectivity index (χ3n) is 6.41. The predicted molar refractivity (Wildman–Crippen MR) is 126 cm³/mol. The van der Waals surface area contributed by atoms with Crippen molar-refractivity contribution < 1.29 is 0 Å². The highest BCUT2D eigenvalue weighted by Gasteiger charge is 2.29. The fourth-order valence-corrected chi connectivity index (χ4v) is 4.95. The standard InChI is InChI=1S/C25H20Cl2N4O/c26-19-9-5-16(6-10-19)15-1-3-18(4-2-15)23-21(13-28)24-29-14-22(25(32)31(24)30-23)17-7-11-20(27)12-8-17/h5-12,14-15,18,29H,1-4H2. The number of hydrogen-bond acceptors (Lipinski definition) is 3. The van der Waals surface area contributed by atoms with Gasteiger partial charge in [0.2, 0.25) is 0 Å². The van der Waals surface area contributed by atoms with E-state index in [0.717, 1.165) is 36.3 Å². The fourth-order valence-electron chi connectivity index (χ4n) is 4.70. The first-order chi connectivity index (χ1) is 15.5. The largest absolute Gasteiger partial charge is 0.345 e. The molecule has 32 heavy (non-hydrogen) atoms. The SMILES string of the molecule is N#Cc1c(C2CCC(c3ccc(Cl)cc3)CC2)nn2c(=O)c(-c3ccc(Cl)cc3)c[nH]c12. The minimum absolute atomic E-state index is 0.153. The van der Waals surface area contributed by atoms with Crippen molar-refractivity contribution in [3.05, 3.63) is 91.9 Å². The Bertz CT molecular complexity index is 1370. The molecule has 4 aromatic rings. The van der Waals surface area contributed by atoms with Crippen molar-refractivity contribution in [2.45, 2.75) is 37.5 Å². The van der Waals surface area contributed by atoms with Gasteiger partial charge in [-0.15, -0.1) is 0 Å². The Kier molecular flexibility index (Phi) is 5.50. The van der Waals surface area contributed by atoms with Gasteiger partial charge in [0.1, 0.15) is 11.6 Å². The summed E-state index contributed by atoms with van der Waals surface area (Å²) >= 11 is 12.0. The first-order valence-electron chi connectivity index (χ1n) is 10.6. The quantitative estimate of drug-likeness (QED) is 0.387. The Hall–Kier alpha value is -3.07. The second kappa shape index (κ2) is 8.46. The maximum absolute atomic E-state index is 13.2. The Balaban J connectivity index is 1.46. The Morgan fingerprint density at radius 2 is 1.53 bits per heavy atom. The van der Waals surface area contributed by atoms with Crippen LogP contribution in [0.15, 0.2) is 59.5 Å². The predicted octanol–water partition coefficient (Wildman–Crippen LogP) is 6.31. The van der Waals surface area contributed by atoms with Crippen molar-refractivity contribution in [2.24, 2.45) is 0 Å². The van der Waals surface area contributed by atoms with E-state index in [1.165, 1.54) is 10.1 Å². The van der Waals surface area contributed by atoms with Crippen LogP contribution in [0.3, 0.4) is 0 Å². The molecule has 1 saturated carbocycles. The lowest BCUT2D eigenvalue weighted by molar-refractivity contribution is 0.390. The maximum atomic E-state index is 13.2. The maximum Gasteiger partial charge on any atom is 0.282 e. The number of nitriles is 1. The molecule has 0 saturated heterocycles. The van der Waals surface area contributed by atoms with Crippen LogP contribution < -0.4 is 5.56 Å². The van der Waals surface area contributed by atoms with Crippen molar-refractivity contribution in [1.82, 2.24) is 14.6 Å². The van der Waals surface area contributed by atoms with E-state index in [-0.39, 0.29) is 11.5 Å². The zero-order chi connectivity index (χ0) is 22.2. The van der Waals surface area contributed by atoms with E-state index in [1.807, 2.05) is 12.1 Å². The second-order valence-corrected chi connectivity index (χ2v) is 9.12. The summed E-state index contributed by atoms with van der Waals surface area (Å²) in [5, 5.41) is 15.8. The monoisotopic (exact) mass is 462 g/mol. The van der Waals surface area contributed by atoms with Crippen LogP contribution in [-0.4, -0.2) is 14.6 Å². The molecule has 160 valence electrons. The number of benzene rings is 2. The van der Waals surface area contributed by atoms with Crippen LogP contribution in [0.1, 0.15) is 54.3 Å². The van der Waals surface area contributed by atoms with E-state index in [9.17, 15) is 10.1 Å². The van der Waals surface area contributed by atoms with Crippen molar-refractivity contribution in [1.29, 1.82) is 5.26 Å². The van der Waals surface area contributed by atoms with Crippen molar-refractivity contribution in [3.8, 4) is 17.2 Å². The number of halogens is 2. The Labute approximate surface area is 195 Å². The molecular weight excluding hydrogens is 443 g/mol. The molecule has 2 aromatic carbocycles. The highest BCUT2D eigenvalue weighted by atomic mass is 35.5. The molecule has 1 aliphatic rings. The topological polar surface area (TPSA) is 74.0 Å². The molecule has 7 heteroatoms. The lowest BCUT2D eigenvalue weighted by Gasteiger charge is -2.28. The molecule has 1 fully saturated rings. The molecule has 5 rings (SSSR count). The van der Waals surface area contributed by atoms with Gasteiger partial charge in [0.15, 0.2) is 5.65 Å². The van der Waals surface area contributed by atoms with Gasteiger partial charge < -0.3 is 4.98 Å². The number of aromatic amines is 1. The first-order valence-corrected chi connectivity index (χ1v) is 11.4. The first kappa shape index (κ1) is 20.8. The van der Waals surface area contributed by atoms with Crippen molar-refractivity contribution in [3.63, 3.8) is 0 Å². The van der Waals surface area contributed by atoms with Gasteiger partial charge in [-0.05, 0) is 67.0 Å². The molecule has 1 N–H and O–H groups in total. The molecule has 0 aliphatic heterocycles. The van der Waals surface area contributed by atoms with Gasteiger partial charge in [0.25, 0.3) is 5.56 Å². The summed E-state index contributed by atoms with van der Waals surface area (Å²) in [5.41, 5.74) is 3.90. The molecule has 0 spiro atoms. The summed E-state index contributed by atoms with van der Waals surface area (Å²) in [6.07, 6.45) is 5.50. The average molecular weight is 463 g/mol. The van der Waals surface area contributed by atoms with Crippen molar-refractivity contribution >= 4 is 28.8 Å². The molecule has 0 bridgehead atoms. The summed E-state index contributed by atoms with van der Waals surface area (Å²) in [7, 11) is 0. The summed E-state index contributed by atoms with van der Waals surface area (Å²) in [5.74, 6) is 0.629. The van der Waals surface area contributed by atoms with E-state index in [1.54, 1.807) is 30.5 Å². The third kappa shape index (κ3) is 3.70. The Morgan fingerprint density at radius 1 is 0.938 bits per heavy atom. The van der Waals surface area contributed by atoms with E-state index < -0.39 is 0 Å². The molecule has 0 unspecified atom stereocenters. The minimum atomic E-state index is -0.251.